The van der Waals surface area contributed by atoms with Gasteiger partial charge in [-0.3, -0.25) is 4.79 Å². The van der Waals surface area contributed by atoms with Crippen molar-refractivity contribution < 1.29 is 17.6 Å². The van der Waals surface area contributed by atoms with Crippen LogP contribution in [0.15, 0.2) is 82.8 Å². The SMILES string of the molecule is CN(C)c1ccc(/C=N\NC(=O)CN(Cc2ccccc2F)S(=O)(=O)c2ccc(Cl)cc2)cc1. The first kappa shape index (κ1) is 25.4. The molecular formula is C24H24ClFN4O3S. The minimum Gasteiger partial charge on any atom is -0.378 e. The zero-order valence-corrected chi connectivity index (χ0v) is 20.2. The molecule has 0 aliphatic carbocycles. The number of carbonyl (C=O) groups excluding carboxylic acids is 1. The van der Waals surface area contributed by atoms with Crippen molar-refractivity contribution in [2.24, 2.45) is 5.10 Å². The van der Waals surface area contributed by atoms with Crippen molar-refractivity contribution in [3.63, 3.8) is 0 Å². The van der Waals surface area contributed by atoms with Crippen molar-refractivity contribution in [2.45, 2.75) is 11.4 Å². The standard InChI is InChI=1S/C24H24ClFN4O3S/c1-29(2)21-11-7-18(8-12-21)15-27-28-24(31)17-30(16-19-5-3-4-6-23(19)26)34(32,33)22-13-9-20(25)10-14-22/h3-15H,16-17H2,1-2H3,(H,28,31)/b27-15-. The second-order valence-electron chi connectivity index (χ2n) is 7.60. The fourth-order valence-electron chi connectivity index (χ4n) is 3.03. The Morgan fingerprint density at radius 3 is 2.29 bits per heavy atom. The predicted molar refractivity (Wildman–Crippen MR) is 132 cm³/mol. The summed E-state index contributed by atoms with van der Waals surface area (Å²) in [5.41, 5.74) is 4.23. The molecule has 0 radical (unpaired) electrons. The number of nitrogens with zero attached hydrogens (tertiary/aromatic N) is 3. The molecule has 1 amide bonds. The number of carbonyl (C=O) groups is 1. The van der Waals surface area contributed by atoms with E-state index >= 15 is 0 Å². The zero-order valence-electron chi connectivity index (χ0n) is 18.7. The van der Waals surface area contributed by atoms with Gasteiger partial charge in [0.25, 0.3) is 5.91 Å². The van der Waals surface area contributed by atoms with Gasteiger partial charge in [0.05, 0.1) is 17.7 Å². The Labute approximate surface area is 203 Å². The van der Waals surface area contributed by atoms with Gasteiger partial charge in [0.1, 0.15) is 5.82 Å². The van der Waals surface area contributed by atoms with Gasteiger partial charge >= 0.3 is 0 Å². The van der Waals surface area contributed by atoms with E-state index in [2.05, 4.69) is 10.5 Å². The molecule has 1 N–H and O–H groups in total. The van der Waals surface area contributed by atoms with Crippen molar-refractivity contribution >= 4 is 39.4 Å². The fourth-order valence-corrected chi connectivity index (χ4v) is 4.53. The van der Waals surface area contributed by atoms with E-state index in [1.54, 1.807) is 6.07 Å². The minimum atomic E-state index is -4.13. The van der Waals surface area contributed by atoms with E-state index in [0.29, 0.717) is 5.02 Å². The summed E-state index contributed by atoms with van der Waals surface area (Å²) in [4.78, 5) is 14.4. The van der Waals surface area contributed by atoms with Crippen molar-refractivity contribution in [1.29, 1.82) is 0 Å². The number of hydrogen-bond acceptors (Lipinski definition) is 5. The molecule has 0 saturated heterocycles. The summed E-state index contributed by atoms with van der Waals surface area (Å²) < 4.78 is 41.6. The van der Waals surface area contributed by atoms with Gasteiger partial charge < -0.3 is 4.90 Å². The maximum atomic E-state index is 14.2. The summed E-state index contributed by atoms with van der Waals surface area (Å²) in [5, 5.41) is 4.27. The molecule has 0 saturated carbocycles. The Balaban J connectivity index is 1.77. The van der Waals surface area contributed by atoms with Gasteiger partial charge in [-0.2, -0.15) is 9.41 Å². The second-order valence-corrected chi connectivity index (χ2v) is 9.97. The molecule has 0 aliphatic heterocycles. The Bertz CT molecular complexity index is 1260. The maximum absolute atomic E-state index is 14.2. The molecule has 0 bridgehead atoms. The Hall–Kier alpha value is -3.27. The van der Waals surface area contributed by atoms with E-state index in [0.717, 1.165) is 15.6 Å². The highest BCUT2D eigenvalue weighted by molar-refractivity contribution is 7.89. The predicted octanol–water partition coefficient (Wildman–Crippen LogP) is 3.89. The van der Waals surface area contributed by atoms with Gasteiger partial charge in [0.2, 0.25) is 10.0 Å². The third kappa shape index (κ3) is 6.63. The molecule has 3 rings (SSSR count). The van der Waals surface area contributed by atoms with E-state index < -0.39 is 28.3 Å². The number of sulfonamides is 1. The number of hydrogen-bond donors (Lipinski definition) is 1. The van der Waals surface area contributed by atoms with Gasteiger partial charge in [-0.1, -0.05) is 41.9 Å². The van der Waals surface area contributed by atoms with Crippen LogP contribution >= 0.6 is 11.6 Å². The zero-order chi connectivity index (χ0) is 24.7. The first-order valence-electron chi connectivity index (χ1n) is 10.3. The lowest BCUT2D eigenvalue weighted by Crippen LogP contribution is -2.39. The smallest absolute Gasteiger partial charge is 0.255 e. The van der Waals surface area contributed by atoms with Crippen LogP contribution in [-0.2, 0) is 21.4 Å². The molecule has 0 atom stereocenters. The third-order valence-corrected chi connectivity index (χ3v) is 6.95. The molecule has 0 unspecified atom stereocenters. The van der Waals surface area contributed by atoms with Crippen LogP contribution in [0.2, 0.25) is 5.02 Å². The number of nitrogens with one attached hydrogen (secondary N) is 1. The number of benzene rings is 3. The lowest BCUT2D eigenvalue weighted by atomic mass is 10.2. The highest BCUT2D eigenvalue weighted by Gasteiger charge is 2.27. The van der Waals surface area contributed by atoms with E-state index in [-0.39, 0.29) is 17.0 Å². The molecule has 0 spiro atoms. The highest BCUT2D eigenvalue weighted by Crippen LogP contribution is 2.21. The molecule has 0 aliphatic rings. The van der Waals surface area contributed by atoms with Crippen LogP contribution < -0.4 is 10.3 Å². The summed E-state index contributed by atoms with van der Waals surface area (Å²) in [6.45, 7) is -0.892. The number of hydrazone groups is 1. The molecule has 0 aromatic heterocycles. The van der Waals surface area contributed by atoms with Gasteiger partial charge in [-0.25, -0.2) is 18.2 Å². The summed E-state index contributed by atoms with van der Waals surface area (Å²) in [7, 11) is -0.277. The lowest BCUT2D eigenvalue weighted by molar-refractivity contribution is -0.121. The van der Waals surface area contributed by atoms with E-state index in [4.69, 9.17) is 11.6 Å². The molecule has 10 heteroatoms. The van der Waals surface area contributed by atoms with Gasteiger partial charge in [-0.15, -0.1) is 0 Å². The van der Waals surface area contributed by atoms with E-state index in [9.17, 15) is 17.6 Å². The van der Waals surface area contributed by atoms with Crippen LogP contribution in [0.5, 0.6) is 0 Å². The lowest BCUT2D eigenvalue weighted by Gasteiger charge is -2.21. The molecular weight excluding hydrogens is 479 g/mol. The molecule has 0 fully saturated rings. The van der Waals surface area contributed by atoms with Crippen LogP contribution in [0.1, 0.15) is 11.1 Å². The Morgan fingerprint density at radius 1 is 1.03 bits per heavy atom. The van der Waals surface area contributed by atoms with Crippen LogP contribution in [0.3, 0.4) is 0 Å². The quantitative estimate of drug-likeness (QED) is 0.355. The summed E-state index contributed by atoms with van der Waals surface area (Å²) >= 11 is 5.87. The monoisotopic (exact) mass is 502 g/mol. The normalized spacial score (nSPS) is 11.7. The highest BCUT2D eigenvalue weighted by atomic mass is 35.5. The number of rotatable bonds is 9. The molecule has 34 heavy (non-hydrogen) atoms. The molecule has 7 nitrogen and oxygen atoms in total. The fraction of sp³-hybridized carbons (Fsp3) is 0.167. The molecule has 3 aromatic rings. The summed E-state index contributed by atoms with van der Waals surface area (Å²) in [5.74, 6) is -1.24. The van der Waals surface area contributed by atoms with Crippen LogP contribution in [0, 0.1) is 5.82 Å². The molecule has 3 aromatic carbocycles. The average Bonchev–Trinajstić information content (AvgIpc) is 2.80. The Kier molecular flexibility index (Phi) is 8.38. The topological polar surface area (TPSA) is 82.1 Å². The van der Waals surface area contributed by atoms with Crippen LogP contribution in [-0.4, -0.2) is 45.5 Å². The van der Waals surface area contributed by atoms with Gasteiger partial charge in [-0.05, 0) is 48.0 Å². The minimum absolute atomic E-state index is 0.0643. The molecule has 0 heterocycles. The molecule has 178 valence electrons. The number of anilines is 1. The van der Waals surface area contributed by atoms with Crippen molar-refractivity contribution in [2.75, 3.05) is 25.5 Å². The van der Waals surface area contributed by atoms with E-state index in [1.807, 2.05) is 43.3 Å². The largest absolute Gasteiger partial charge is 0.378 e. The second kappa shape index (κ2) is 11.2. The first-order chi connectivity index (χ1) is 16.2. The number of halogens is 2. The van der Waals surface area contributed by atoms with E-state index in [1.165, 1.54) is 48.7 Å². The van der Waals surface area contributed by atoms with Gasteiger partial charge in [0, 0.05) is 36.9 Å². The van der Waals surface area contributed by atoms with Crippen LogP contribution in [0.4, 0.5) is 10.1 Å². The van der Waals surface area contributed by atoms with Gasteiger partial charge in [0.15, 0.2) is 0 Å². The first-order valence-corrected chi connectivity index (χ1v) is 12.1. The number of amides is 1. The van der Waals surface area contributed by atoms with Crippen molar-refractivity contribution in [3.8, 4) is 0 Å². The third-order valence-electron chi connectivity index (χ3n) is 4.89. The average molecular weight is 503 g/mol. The Morgan fingerprint density at radius 2 is 1.68 bits per heavy atom. The summed E-state index contributed by atoms with van der Waals surface area (Å²) in [6.07, 6.45) is 1.45. The van der Waals surface area contributed by atoms with Crippen molar-refractivity contribution in [3.05, 3.63) is 94.8 Å². The maximum Gasteiger partial charge on any atom is 0.255 e. The van der Waals surface area contributed by atoms with Crippen molar-refractivity contribution in [1.82, 2.24) is 9.73 Å². The van der Waals surface area contributed by atoms with Crippen LogP contribution in [0.25, 0.3) is 0 Å². The summed E-state index contributed by atoms with van der Waals surface area (Å²) in [6, 6.07) is 18.8.